The van der Waals surface area contributed by atoms with E-state index in [0.29, 0.717) is 18.4 Å². The maximum absolute atomic E-state index is 12.2. The van der Waals surface area contributed by atoms with Gasteiger partial charge in [0.25, 0.3) is 0 Å². The molecule has 0 radical (unpaired) electrons. The maximum atomic E-state index is 12.2. The zero-order valence-electron chi connectivity index (χ0n) is 16.0. The van der Waals surface area contributed by atoms with E-state index < -0.39 is 12.1 Å². The Bertz CT molecular complexity index is 572. The van der Waals surface area contributed by atoms with E-state index in [2.05, 4.69) is 25.6 Å². The van der Waals surface area contributed by atoms with Crippen molar-refractivity contribution in [3.05, 3.63) is 40.8 Å². The number of aromatic hydroxyl groups is 1. The van der Waals surface area contributed by atoms with Crippen LogP contribution in [0.15, 0.2) is 30.0 Å². The predicted molar refractivity (Wildman–Crippen MR) is 104 cm³/mol. The molecule has 0 aliphatic heterocycles. The Morgan fingerprint density at radius 3 is 2.54 bits per heavy atom. The van der Waals surface area contributed by atoms with Crippen LogP contribution in [-0.2, 0) is 11.2 Å². The minimum Gasteiger partial charge on any atom is -0.508 e. The molecular formula is C20H31NO5. The largest absolute Gasteiger partial charge is 0.508 e. The number of hydrogen-bond acceptors (Lipinski definition) is 6. The number of rotatable bonds is 10. The molecule has 6 heteroatoms. The molecular weight excluding hydrogens is 334 g/mol. The monoisotopic (exact) mass is 365 g/mol. The molecule has 2 N–H and O–H groups in total. The van der Waals surface area contributed by atoms with Gasteiger partial charge in [0, 0.05) is 6.07 Å². The molecule has 1 rings (SSSR count). The van der Waals surface area contributed by atoms with Crippen molar-refractivity contribution in [2.75, 3.05) is 6.61 Å². The van der Waals surface area contributed by atoms with Gasteiger partial charge in [-0.05, 0) is 36.1 Å². The van der Waals surface area contributed by atoms with Crippen molar-refractivity contribution in [1.82, 2.24) is 0 Å². The van der Waals surface area contributed by atoms with Crippen LogP contribution in [0.25, 0.3) is 0 Å². The SMILES string of the molecule is C=CCCOC(=O)c1c(CC(O)CCCC)cc(O)cc1N=O.CCC. The van der Waals surface area contributed by atoms with Gasteiger partial charge in [0.2, 0.25) is 0 Å². The average Bonchev–Trinajstić information content (AvgIpc) is 2.60. The number of nitroso groups, excluding NO2 is 1. The summed E-state index contributed by atoms with van der Waals surface area (Å²) in [4.78, 5) is 23.2. The number of nitrogens with zero attached hydrogens (tertiary/aromatic N) is 1. The van der Waals surface area contributed by atoms with Crippen LogP contribution in [-0.4, -0.2) is 28.9 Å². The summed E-state index contributed by atoms with van der Waals surface area (Å²) in [5, 5.41) is 22.5. The summed E-state index contributed by atoms with van der Waals surface area (Å²) in [6.07, 6.45) is 5.17. The maximum Gasteiger partial charge on any atom is 0.340 e. The second-order valence-corrected chi connectivity index (χ2v) is 6.01. The van der Waals surface area contributed by atoms with Crippen LogP contribution < -0.4 is 0 Å². The van der Waals surface area contributed by atoms with Crippen LogP contribution in [0.2, 0.25) is 0 Å². The van der Waals surface area contributed by atoms with Gasteiger partial charge in [0.1, 0.15) is 11.4 Å². The lowest BCUT2D eigenvalue weighted by atomic mass is 9.97. The van der Waals surface area contributed by atoms with Gasteiger partial charge in [0.05, 0.1) is 18.3 Å². The lowest BCUT2D eigenvalue weighted by Crippen LogP contribution is -2.15. The average molecular weight is 365 g/mol. The normalized spacial score (nSPS) is 11.1. The first kappa shape index (κ1) is 23.8. The molecule has 1 unspecified atom stereocenters. The van der Waals surface area contributed by atoms with E-state index in [0.717, 1.165) is 18.9 Å². The summed E-state index contributed by atoms with van der Waals surface area (Å²) in [5.74, 6) is -0.876. The molecule has 0 fully saturated rings. The number of ether oxygens (including phenoxy) is 1. The lowest BCUT2D eigenvalue weighted by molar-refractivity contribution is 0.0510. The van der Waals surface area contributed by atoms with Crippen molar-refractivity contribution < 1.29 is 19.7 Å². The quantitative estimate of drug-likeness (QED) is 0.262. The zero-order valence-corrected chi connectivity index (χ0v) is 16.0. The van der Waals surface area contributed by atoms with Crippen LogP contribution in [0.1, 0.15) is 68.8 Å². The lowest BCUT2D eigenvalue weighted by Gasteiger charge is -2.15. The third kappa shape index (κ3) is 8.76. The summed E-state index contributed by atoms with van der Waals surface area (Å²) in [7, 11) is 0. The number of phenolic OH excluding ortho intramolecular Hbond substituents is 1. The summed E-state index contributed by atoms with van der Waals surface area (Å²) in [6, 6.07) is 2.47. The van der Waals surface area contributed by atoms with Gasteiger partial charge < -0.3 is 14.9 Å². The molecule has 26 heavy (non-hydrogen) atoms. The fourth-order valence-corrected chi connectivity index (χ4v) is 2.24. The summed E-state index contributed by atoms with van der Waals surface area (Å²) in [5.41, 5.74) is 0.163. The smallest absolute Gasteiger partial charge is 0.340 e. The Morgan fingerprint density at radius 1 is 1.35 bits per heavy atom. The number of aliphatic hydroxyl groups excluding tert-OH is 1. The number of esters is 1. The van der Waals surface area contributed by atoms with Crippen molar-refractivity contribution in [3.8, 4) is 5.75 Å². The Hall–Kier alpha value is -2.21. The van der Waals surface area contributed by atoms with Gasteiger partial charge in [0.15, 0.2) is 0 Å². The van der Waals surface area contributed by atoms with Crippen LogP contribution in [0, 0.1) is 4.91 Å². The van der Waals surface area contributed by atoms with E-state index in [1.54, 1.807) is 6.08 Å². The molecule has 1 atom stereocenters. The standard InChI is InChI=1S/C17H23NO5.C3H8/c1-3-5-7-13(19)9-12-10-14(20)11-15(18-22)16(12)17(21)23-8-6-4-2;1-3-2/h4,10-11,13,19-20H,2-3,5-9H2,1H3;3H2,1-2H3. The van der Waals surface area contributed by atoms with Gasteiger partial charge in [-0.15, -0.1) is 11.5 Å². The third-order valence-electron chi connectivity index (χ3n) is 3.39. The predicted octanol–water partition coefficient (Wildman–Crippen LogP) is 5.03. The highest BCUT2D eigenvalue weighted by Crippen LogP contribution is 2.30. The Labute approximate surface area is 155 Å². The molecule has 6 nitrogen and oxygen atoms in total. The van der Waals surface area contributed by atoms with Crippen LogP contribution >= 0.6 is 0 Å². The van der Waals surface area contributed by atoms with Crippen LogP contribution in [0.4, 0.5) is 5.69 Å². The van der Waals surface area contributed by atoms with Gasteiger partial charge in [-0.1, -0.05) is 46.1 Å². The first-order valence-corrected chi connectivity index (χ1v) is 9.10. The Morgan fingerprint density at radius 2 is 2.00 bits per heavy atom. The van der Waals surface area contributed by atoms with Gasteiger partial charge >= 0.3 is 5.97 Å². The summed E-state index contributed by atoms with van der Waals surface area (Å²) in [6.45, 7) is 9.94. The number of carbonyl (C=O) groups is 1. The van der Waals surface area contributed by atoms with E-state index in [1.165, 1.54) is 12.5 Å². The van der Waals surface area contributed by atoms with Crippen molar-refractivity contribution in [1.29, 1.82) is 0 Å². The molecule has 146 valence electrons. The van der Waals surface area contributed by atoms with Gasteiger partial charge in [-0.25, -0.2) is 4.79 Å². The van der Waals surface area contributed by atoms with E-state index in [4.69, 9.17) is 4.74 Å². The van der Waals surface area contributed by atoms with E-state index in [-0.39, 0.29) is 30.0 Å². The van der Waals surface area contributed by atoms with E-state index >= 15 is 0 Å². The van der Waals surface area contributed by atoms with Crippen LogP contribution in [0.5, 0.6) is 5.75 Å². The third-order valence-corrected chi connectivity index (χ3v) is 3.39. The number of hydrogen-bond donors (Lipinski definition) is 2. The second kappa shape index (κ2) is 14.0. The van der Waals surface area contributed by atoms with E-state index in [9.17, 15) is 19.9 Å². The van der Waals surface area contributed by atoms with Gasteiger partial charge in [-0.3, -0.25) is 0 Å². The molecule has 1 aromatic rings. The number of carbonyl (C=O) groups excluding carboxylic acids is 1. The Balaban J connectivity index is 0.00000194. The van der Waals surface area contributed by atoms with Crippen molar-refractivity contribution in [3.63, 3.8) is 0 Å². The highest BCUT2D eigenvalue weighted by atomic mass is 16.5. The molecule has 0 bridgehead atoms. The number of unbranched alkanes of at least 4 members (excludes halogenated alkanes) is 1. The molecule has 0 spiro atoms. The van der Waals surface area contributed by atoms with Crippen molar-refractivity contribution in [2.24, 2.45) is 5.18 Å². The van der Waals surface area contributed by atoms with Gasteiger partial charge in [-0.2, -0.15) is 0 Å². The fourth-order valence-electron chi connectivity index (χ4n) is 2.24. The molecule has 0 aliphatic rings. The Kier molecular flexibility index (Phi) is 12.8. The van der Waals surface area contributed by atoms with Crippen molar-refractivity contribution in [2.45, 2.75) is 65.4 Å². The molecule has 0 amide bonds. The molecule has 0 heterocycles. The molecule has 0 aromatic heterocycles. The molecule has 0 aliphatic carbocycles. The molecule has 1 aromatic carbocycles. The number of benzene rings is 1. The number of phenols is 1. The minimum absolute atomic E-state index is 0.00240. The highest BCUT2D eigenvalue weighted by molar-refractivity contribution is 5.97. The molecule has 0 saturated carbocycles. The van der Waals surface area contributed by atoms with E-state index in [1.807, 2.05) is 6.92 Å². The second-order valence-electron chi connectivity index (χ2n) is 6.01. The highest BCUT2D eigenvalue weighted by Gasteiger charge is 2.22. The first-order chi connectivity index (χ1) is 12.4. The molecule has 0 saturated heterocycles. The topological polar surface area (TPSA) is 96.2 Å². The minimum atomic E-state index is -0.695. The zero-order chi connectivity index (χ0) is 19.9. The summed E-state index contributed by atoms with van der Waals surface area (Å²) < 4.78 is 5.08. The van der Waals surface area contributed by atoms with Crippen molar-refractivity contribution >= 4 is 11.7 Å². The fraction of sp³-hybridized carbons (Fsp3) is 0.550. The number of aliphatic hydroxyl groups is 1. The summed E-state index contributed by atoms with van der Waals surface area (Å²) >= 11 is 0. The van der Waals surface area contributed by atoms with Crippen LogP contribution in [0.3, 0.4) is 0 Å². The first-order valence-electron chi connectivity index (χ1n) is 9.10.